The van der Waals surface area contributed by atoms with Crippen LogP contribution in [-0.4, -0.2) is 67.0 Å². The first-order chi connectivity index (χ1) is 14.9. The van der Waals surface area contributed by atoms with Crippen LogP contribution in [0.1, 0.15) is 33.1 Å². The van der Waals surface area contributed by atoms with E-state index in [0.717, 1.165) is 17.0 Å². The molecule has 0 unspecified atom stereocenters. The molecule has 0 radical (unpaired) electrons. The normalized spacial score (nSPS) is 24.4. The smallest absolute Gasteiger partial charge is 0.407 e. The van der Waals surface area contributed by atoms with Gasteiger partial charge >= 0.3 is 6.09 Å². The lowest BCUT2D eigenvalue weighted by Gasteiger charge is -2.29. The van der Waals surface area contributed by atoms with Crippen LogP contribution in [0.5, 0.6) is 0 Å². The molecule has 3 rings (SSSR count). The highest BCUT2D eigenvalue weighted by Crippen LogP contribution is 2.40. The minimum atomic E-state index is -4.00. The van der Waals surface area contributed by atoms with Crippen molar-refractivity contribution >= 4 is 22.0 Å². The van der Waals surface area contributed by atoms with E-state index in [-0.39, 0.29) is 41.8 Å². The quantitative estimate of drug-likeness (QED) is 0.633. The molecule has 1 aromatic rings. The molecule has 1 saturated carbocycles. The Hall–Kier alpha value is -2.27. The summed E-state index contributed by atoms with van der Waals surface area (Å²) in [6.45, 7) is 4.20. The van der Waals surface area contributed by atoms with Gasteiger partial charge in [-0.15, -0.1) is 0 Å². The number of nitrogens with one attached hydrogen (secondary N) is 1. The number of carbonyl (C=O) groups is 2. The number of hydrogen-bond donors (Lipinski definition) is 2. The van der Waals surface area contributed by atoms with Crippen molar-refractivity contribution < 1.29 is 31.9 Å². The van der Waals surface area contributed by atoms with Crippen LogP contribution >= 0.6 is 0 Å². The van der Waals surface area contributed by atoms with E-state index >= 15 is 0 Å². The molecule has 8 nitrogen and oxygen atoms in total. The van der Waals surface area contributed by atoms with Crippen LogP contribution in [0.4, 0.5) is 13.6 Å². The van der Waals surface area contributed by atoms with Gasteiger partial charge in [-0.3, -0.25) is 9.69 Å². The lowest BCUT2D eigenvalue weighted by molar-refractivity contribution is -0.127. The Morgan fingerprint density at radius 2 is 1.91 bits per heavy atom. The van der Waals surface area contributed by atoms with Crippen LogP contribution in [0.3, 0.4) is 0 Å². The molecule has 0 bridgehead atoms. The number of benzene rings is 1. The summed E-state index contributed by atoms with van der Waals surface area (Å²) < 4.78 is 53.9. The largest absolute Gasteiger partial charge is 0.465 e. The zero-order valence-corrected chi connectivity index (χ0v) is 19.1. The topological polar surface area (TPSA) is 107 Å². The summed E-state index contributed by atoms with van der Waals surface area (Å²) in [6.07, 6.45) is 0.556. The third-order valence-corrected chi connectivity index (χ3v) is 8.27. The van der Waals surface area contributed by atoms with E-state index < -0.39 is 39.7 Å². The molecule has 2 fully saturated rings. The van der Waals surface area contributed by atoms with E-state index in [2.05, 4.69) is 5.32 Å². The molecule has 178 valence electrons. The van der Waals surface area contributed by atoms with Crippen molar-refractivity contribution in [2.75, 3.05) is 20.1 Å². The van der Waals surface area contributed by atoms with Crippen LogP contribution in [-0.2, 0) is 14.8 Å². The number of halogens is 2. The Morgan fingerprint density at radius 3 is 2.50 bits per heavy atom. The molecule has 11 heteroatoms. The predicted octanol–water partition coefficient (Wildman–Crippen LogP) is 2.50. The van der Waals surface area contributed by atoms with Gasteiger partial charge < -0.3 is 10.4 Å². The molecule has 2 aliphatic rings. The standard InChI is InChI=1S/C21H29F2N3O5S/c1-12(2)8-19(25(3)21(28)29)20(27)24-18-7-4-13-10-26(11-15(13)18)32(30,31)14-5-6-16(22)17(23)9-14/h5-6,9,12-13,15,18-19H,4,7-8,10-11H2,1-3H3,(H,24,27)(H,28,29)/t13-,15+,18+,19-/m0/s1. The molecule has 1 heterocycles. The maximum Gasteiger partial charge on any atom is 0.407 e. The fraction of sp³-hybridized carbons (Fsp3) is 0.619. The van der Waals surface area contributed by atoms with Crippen LogP contribution in [0.2, 0.25) is 0 Å². The molecular weight excluding hydrogens is 444 g/mol. The Balaban J connectivity index is 1.72. The number of carboxylic acid groups (broad SMARTS) is 1. The van der Waals surface area contributed by atoms with Gasteiger partial charge in [0.2, 0.25) is 15.9 Å². The third kappa shape index (κ3) is 4.88. The molecule has 1 aliphatic heterocycles. The number of rotatable bonds is 7. The van der Waals surface area contributed by atoms with Gasteiger partial charge in [0.05, 0.1) is 4.90 Å². The number of sulfonamides is 1. The van der Waals surface area contributed by atoms with Crippen molar-refractivity contribution in [3.8, 4) is 0 Å². The van der Waals surface area contributed by atoms with Gasteiger partial charge in [0, 0.05) is 26.2 Å². The Bertz CT molecular complexity index is 988. The summed E-state index contributed by atoms with van der Waals surface area (Å²) >= 11 is 0. The lowest BCUT2D eigenvalue weighted by atomic mass is 9.96. The lowest BCUT2D eigenvalue weighted by Crippen LogP contribution is -2.51. The Kier molecular flexibility index (Phi) is 7.09. The van der Waals surface area contributed by atoms with Gasteiger partial charge in [0.25, 0.3) is 0 Å². The van der Waals surface area contributed by atoms with Crippen molar-refractivity contribution in [1.29, 1.82) is 0 Å². The van der Waals surface area contributed by atoms with E-state index in [0.29, 0.717) is 25.3 Å². The number of nitrogens with zero attached hydrogens (tertiary/aromatic N) is 2. The van der Waals surface area contributed by atoms with Crippen molar-refractivity contribution in [3.63, 3.8) is 0 Å². The fourth-order valence-electron chi connectivity index (χ4n) is 4.69. The molecule has 2 amide bonds. The molecule has 32 heavy (non-hydrogen) atoms. The molecule has 4 atom stereocenters. The average molecular weight is 474 g/mol. The summed E-state index contributed by atoms with van der Waals surface area (Å²) in [6, 6.07) is 1.38. The summed E-state index contributed by atoms with van der Waals surface area (Å²) in [5.74, 6) is -2.74. The van der Waals surface area contributed by atoms with Crippen LogP contribution in [0.25, 0.3) is 0 Å². The van der Waals surface area contributed by atoms with Gasteiger partial charge in [-0.25, -0.2) is 22.0 Å². The summed E-state index contributed by atoms with van der Waals surface area (Å²) in [5.41, 5.74) is 0. The zero-order chi connectivity index (χ0) is 23.8. The van der Waals surface area contributed by atoms with E-state index in [1.807, 2.05) is 13.8 Å². The van der Waals surface area contributed by atoms with Gasteiger partial charge in [0.15, 0.2) is 11.6 Å². The molecule has 0 spiro atoms. The first-order valence-corrected chi connectivity index (χ1v) is 12.1. The zero-order valence-electron chi connectivity index (χ0n) is 18.3. The summed E-state index contributed by atoms with van der Waals surface area (Å²) in [7, 11) is -2.64. The van der Waals surface area contributed by atoms with E-state index in [9.17, 15) is 31.9 Å². The first-order valence-electron chi connectivity index (χ1n) is 10.6. The molecule has 1 aromatic carbocycles. The van der Waals surface area contributed by atoms with Crippen LogP contribution in [0.15, 0.2) is 23.1 Å². The second-order valence-corrected chi connectivity index (χ2v) is 11.0. The van der Waals surface area contributed by atoms with Crippen molar-refractivity contribution in [2.45, 2.75) is 50.1 Å². The van der Waals surface area contributed by atoms with E-state index in [4.69, 9.17) is 0 Å². The van der Waals surface area contributed by atoms with Gasteiger partial charge in [0.1, 0.15) is 6.04 Å². The predicted molar refractivity (Wildman–Crippen MR) is 112 cm³/mol. The molecule has 1 saturated heterocycles. The Morgan fingerprint density at radius 1 is 1.22 bits per heavy atom. The van der Waals surface area contributed by atoms with Gasteiger partial charge in [-0.05, 0) is 55.2 Å². The highest BCUT2D eigenvalue weighted by Gasteiger charge is 2.47. The minimum absolute atomic E-state index is 0.0288. The van der Waals surface area contributed by atoms with Gasteiger partial charge in [-0.2, -0.15) is 4.31 Å². The molecular formula is C21H29F2N3O5S. The third-order valence-electron chi connectivity index (χ3n) is 6.45. The van der Waals surface area contributed by atoms with E-state index in [1.165, 1.54) is 11.4 Å². The number of likely N-dealkylation sites (N-methyl/N-ethyl adjacent to an activating group) is 1. The number of fused-ring (bicyclic) bond motifs is 1. The molecule has 1 aliphatic carbocycles. The number of hydrogen-bond acceptors (Lipinski definition) is 4. The van der Waals surface area contributed by atoms with E-state index in [1.54, 1.807) is 0 Å². The van der Waals surface area contributed by atoms with Crippen molar-refractivity contribution in [3.05, 3.63) is 29.8 Å². The minimum Gasteiger partial charge on any atom is -0.465 e. The fourth-order valence-corrected chi connectivity index (χ4v) is 6.23. The SMILES string of the molecule is CC(C)C[C@@H](C(=O)N[C@@H]1CC[C@H]2CN(S(=O)(=O)c3ccc(F)c(F)c3)C[C@H]21)N(C)C(=O)O. The van der Waals surface area contributed by atoms with Crippen LogP contribution < -0.4 is 5.32 Å². The Labute approximate surface area is 186 Å². The second kappa shape index (κ2) is 9.30. The maximum absolute atomic E-state index is 13.6. The summed E-state index contributed by atoms with van der Waals surface area (Å²) in [4.78, 5) is 25.0. The maximum atomic E-state index is 13.6. The monoisotopic (exact) mass is 473 g/mol. The van der Waals surface area contributed by atoms with Crippen molar-refractivity contribution in [1.82, 2.24) is 14.5 Å². The highest BCUT2D eigenvalue weighted by atomic mass is 32.2. The molecule has 2 N–H and O–H groups in total. The number of amides is 2. The summed E-state index contributed by atoms with van der Waals surface area (Å²) in [5, 5.41) is 12.3. The van der Waals surface area contributed by atoms with Gasteiger partial charge in [-0.1, -0.05) is 13.8 Å². The first kappa shape index (κ1) is 24.4. The van der Waals surface area contributed by atoms with Crippen LogP contribution in [0, 0.1) is 29.4 Å². The van der Waals surface area contributed by atoms with Crippen molar-refractivity contribution in [2.24, 2.45) is 17.8 Å². The molecule has 0 aromatic heterocycles. The highest BCUT2D eigenvalue weighted by molar-refractivity contribution is 7.89. The number of carbonyl (C=O) groups excluding carboxylic acids is 1. The second-order valence-electron chi connectivity index (χ2n) is 9.05. The average Bonchev–Trinajstić information content (AvgIpc) is 3.29.